The van der Waals surface area contributed by atoms with Crippen LogP contribution in [0, 0.1) is 7.14 Å². The van der Waals surface area contributed by atoms with Gasteiger partial charge in [-0.25, -0.2) is 8.42 Å². The molecule has 2 aromatic carbocycles. The normalized spacial score (nSPS) is 12.1. The first-order valence-electron chi connectivity index (χ1n) is 7.67. The first-order chi connectivity index (χ1) is 12.3. The van der Waals surface area contributed by atoms with E-state index in [1.54, 1.807) is 12.3 Å². The molecule has 0 amide bonds. The molecule has 2 aromatic rings. The van der Waals surface area contributed by atoms with Crippen LogP contribution in [-0.4, -0.2) is 33.7 Å². The fourth-order valence-corrected chi connectivity index (χ4v) is 8.59. The van der Waals surface area contributed by atoms with Crippen molar-refractivity contribution in [3.63, 3.8) is 0 Å². The molecule has 0 heterocycles. The van der Waals surface area contributed by atoms with Crippen molar-refractivity contribution in [2.45, 2.75) is 25.1 Å². The van der Waals surface area contributed by atoms with Gasteiger partial charge in [-0.15, -0.1) is 0 Å². The highest BCUT2D eigenvalue weighted by Gasteiger charge is 2.37. The summed E-state index contributed by atoms with van der Waals surface area (Å²) in [7, 11) is -5.64. The Labute approximate surface area is 168 Å². The number of halogens is 4. The Morgan fingerprint density at radius 1 is 1.00 bits per heavy atom. The molecule has 4 nitrogen and oxygen atoms in total. The fourth-order valence-electron chi connectivity index (χ4n) is 1.93. The predicted octanol–water partition coefficient (Wildman–Crippen LogP) is 0.420. The maximum atomic E-state index is 10.7. The summed E-state index contributed by atoms with van der Waals surface area (Å²) in [5, 5.41) is 1.54. The van der Waals surface area contributed by atoms with Gasteiger partial charge in [-0.1, -0.05) is 50.0 Å². The van der Waals surface area contributed by atoms with Crippen LogP contribution in [0.3, 0.4) is 0 Å². The molecular weight excluding hydrogens is 512 g/mol. The van der Waals surface area contributed by atoms with Gasteiger partial charge in [0.15, 0.2) is 19.4 Å². The van der Waals surface area contributed by atoms with E-state index in [0.29, 0.717) is 0 Å². The summed E-state index contributed by atoms with van der Waals surface area (Å²) in [5.74, 6) is 1.07. The summed E-state index contributed by atoms with van der Waals surface area (Å²) >= 11 is -0.177. The average Bonchev–Trinajstić information content (AvgIpc) is 2.53. The largest absolute Gasteiger partial charge is 0.741 e. The maximum absolute atomic E-state index is 10.7. The predicted molar refractivity (Wildman–Crippen MR) is 95.6 cm³/mol. The lowest BCUT2D eigenvalue weighted by Crippen LogP contribution is -3.62. The zero-order valence-electron chi connectivity index (χ0n) is 15.2. The van der Waals surface area contributed by atoms with Crippen LogP contribution in [0.1, 0.15) is 0 Å². The molecule has 0 aliphatic rings. The Bertz CT molecular complexity index is 851. The van der Waals surface area contributed by atoms with E-state index in [-0.39, 0.29) is 21.2 Å². The molecule has 0 aromatic heterocycles. The molecular formula is C17H20F3IO4SSi. The number of hydrogen-bond donors (Lipinski definition) is 0. The molecule has 10 heteroatoms. The summed E-state index contributed by atoms with van der Waals surface area (Å²) < 4.78 is 67.4. The van der Waals surface area contributed by atoms with Gasteiger partial charge < -0.3 is 9.29 Å². The minimum Gasteiger partial charge on any atom is -0.741 e. The molecule has 150 valence electrons. The van der Waals surface area contributed by atoms with Gasteiger partial charge in [0.1, 0.15) is 0 Å². The third-order valence-corrected chi connectivity index (χ3v) is 9.31. The van der Waals surface area contributed by atoms with Crippen molar-refractivity contribution in [2.24, 2.45) is 0 Å². The van der Waals surface area contributed by atoms with Crippen molar-refractivity contribution in [3.05, 3.63) is 55.7 Å². The first kappa shape index (κ1) is 23.9. The Hall–Kier alpha value is -1.11. The van der Waals surface area contributed by atoms with Crippen LogP contribution in [0.25, 0.3) is 0 Å². The molecule has 27 heavy (non-hydrogen) atoms. The monoisotopic (exact) mass is 532 g/mol. The van der Waals surface area contributed by atoms with Crippen LogP contribution in [0.2, 0.25) is 19.6 Å². The van der Waals surface area contributed by atoms with E-state index in [1.165, 1.54) is 7.14 Å². The van der Waals surface area contributed by atoms with E-state index in [4.69, 9.17) is 17.7 Å². The van der Waals surface area contributed by atoms with Gasteiger partial charge in [0.25, 0.3) is 0 Å². The van der Waals surface area contributed by atoms with Crippen molar-refractivity contribution < 1.29 is 52.1 Å². The lowest BCUT2D eigenvalue weighted by atomic mass is 10.3. The van der Waals surface area contributed by atoms with Crippen LogP contribution in [-0.2, 0) is 10.1 Å². The number of methoxy groups -OCH3 is 1. The van der Waals surface area contributed by atoms with Gasteiger partial charge in [-0.05, 0) is 23.4 Å². The van der Waals surface area contributed by atoms with Gasteiger partial charge in [0.2, 0.25) is 3.57 Å². The molecule has 0 unspecified atom stereocenters. The zero-order chi connectivity index (χ0) is 20.9. The van der Waals surface area contributed by atoms with Crippen molar-refractivity contribution in [2.75, 3.05) is 7.11 Å². The second-order valence-corrected chi connectivity index (χ2v) is 15.6. The van der Waals surface area contributed by atoms with E-state index in [2.05, 4.69) is 68.2 Å². The fraction of sp³-hybridized carbons (Fsp3) is 0.294. The molecule has 0 aliphatic heterocycles. The highest BCUT2D eigenvalue weighted by atomic mass is 127. The Balaban J connectivity index is 0.000000387. The Morgan fingerprint density at radius 3 is 1.93 bits per heavy atom. The SMILES string of the molecule is COc1cccc([Si](C)(C)C)c1[I+]c1ccccc1.O=S(=O)([O-])C(F)(F)F. The van der Waals surface area contributed by atoms with Crippen molar-refractivity contribution in [1.82, 2.24) is 0 Å². The summed E-state index contributed by atoms with van der Waals surface area (Å²) in [4.78, 5) is 0. The molecule has 0 atom stereocenters. The number of alkyl halides is 3. The molecule has 0 saturated heterocycles. The van der Waals surface area contributed by atoms with E-state index >= 15 is 0 Å². The highest BCUT2D eigenvalue weighted by molar-refractivity contribution is 7.86. The zero-order valence-corrected chi connectivity index (χ0v) is 19.1. The Kier molecular flexibility index (Phi) is 8.32. The van der Waals surface area contributed by atoms with Crippen molar-refractivity contribution in [3.8, 4) is 5.75 Å². The van der Waals surface area contributed by atoms with Gasteiger partial charge in [0.05, 0.1) is 15.2 Å². The smallest absolute Gasteiger partial charge is 0.485 e. The van der Waals surface area contributed by atoms with Crippen LogP contribution < -0.4 is 31.1 Å². The van der Waals surface area contributed by atoms with E-state index in [0.717, 1.165) is 5.75 Å². The topological polar surface area (TPSA) is 66.4 Å². The summed E-state index contributed by atoms with van der Waals surface area (Å²) in [6.45, 7) is 7.21. The second kappa shape index (κ2) is 9.39. The molecule has 0 aliphatic carbocycles. The van der Waals surface area contributed by atoms with E-state index < -0.39 is 23.7 Å². The van der Waals surface area contributed by atoms with Crippen LogP contribution in [0.15, 0.2) is 48.5 Å². The summed E-state index contributed by atoms with van der Waals surface area (Å²) in [6, 6.07) is 17.3. The van der Waals surface area contributed by atoms with E-state index in [9.17, 15) is 13.2 Å². The first-order valence-corrected chi connectivity index (χ1v) is 14.7. The molecule has 0 saturated carbocycles. The van der Waals surface area contributed by atoms with Crippen molar-refractivity contribution in [1.29, 1.82) is 0 Å². The van der Waals surface area contributed by atoms with Gasteiger partial charge >= 0.3 is 26.7 Å². The number of benzene rings is 2. The Morgan fingerprint density at radius 2 is 1.52 bits per heavy atom. The molecule has 0 fully saturated rings. The van der Waals surface area contributed by atoms with Crippen LogP contribution in [0.5, 0.6) is 5.75 Å². The third kappa shape index (κ3) is 7.43. The van der Waals surface area contributed by atoms with Crippen molar-refractivity contribution >= 4 is 23.4 Å². The van der Waals surface area contributed by atoms with Gasteiger partial charge in [-0.2, -0.15) is 13.2 Å². The minimum atomic E-state index is -6.09. The number of rotatable bonds is 4. The lowest BCUT2D eigenvalue weighted by molar-refractivity contribution is -0.596. The third-order valence-electron chi connectivity index (χ3n) is 3.21. The van der Waals surface area contributed by atoms with E-state index in [1.807, 2.05) is 0 Å². The average molecular weight is 532 g/mol. The van der Waals surface area contributed by atoms with Crippen LogP contribution >= 0.6 is 0 Å². The van der Waals surface area contributed by atoms with Gasteiger partial charge in [-0.3, -0.25) is 0 Å². The number of ether oxygens (including phenoxy) is 1. The van der Waals surface area contributed by atoms with Crippen LogP contribution in [0.4, 0.5) is 13.2 Å². The maximum Gasteiger partial charge on any atom is 0.485 e. The molecule has 0 bridgehead atoms. The quantitative estimate of drug-likeness (QED) is 0.248. The molecule has 0 radical (unpaired) electrons. The number of hydrogen-bond acceptors (Lipinski definition) is 4. The highest BCUT2D eigenvalue weighted by Crippen LogP contribution is 2.20. The minimum absolute atomic E-state index is 0.177. The molecule has 0 N–H and O–H groups in total. The lowest BCUT2D eigenvalue weighted by Gasteiger charge is -2.17. The summed E-state index contributed by atoms with van der Waals surface area (Å²) in [5.41, 5.74) is -5.65. The molecule has 2 rings (SSSR count). The summed E-state index contributed by atoms with van der Waals surface area (Å²) in [6.07, 6.45) is 0. The standard InChI is InChI=1S/C16H20IOSi.CHF3O3S/c1-18-14-11-8-12-15(19(2,3)4)16(14)17-13-9-6-5-7-10-13;2-1(3,4)8(5,6)7/h5-12H,1-4H3;(H,5,6,7)/q+1;/p-1. The second-order valence-electron chi connectivity index (χ2n) is 6.36. The van der Waals surface area contributed by atoms with Gasteiger partial charge in [0, 0.05) is 0 Å². The molecule has 0 spiro atoms.